The first-order chi connectivity index (χ1) is 9.99. The summed E-state index contributed by atoms with van der Waals surface area (Å²) in [6.45, 7) is 1.62. The number of carbonyl (C=O) groups is 3. The van der Waals surface area contributed by atoms with Crippen LogP contribution in [0.4, 0.5) is 0 Å². The highest BCUT2D eigenvalue weighted by molar-refractivity contribution is 7.08. The lowest BCUT2D eigenvalue weighted by atomic mass is 10.1. The summed E-state index contributed by atoms with van der Waals surface area (Å²) in [6, 6.07) is 0.745. The summed E-state index contributed by atoms with van der Waals surface area (Å²) in [5.74, 6) is -1.51. The van der Waals surface area contributed by atoms with Crippen LogP contribution in [0.1, 0.15) is 16.8 Å². The van der Waals surface area contributed by atoms with Crippen molar-refractivity contribution in [1.82, 2.24) is 9.80 Å². The first kappa shape index (κ1) is 15.5. The predicted molar refractivity (Wildman–Crippen MR) is 77.0 cm³/mol. The van der Waals surface area contributed by atoms with Crippen molar-refractivity contribution >= 4 is 29.1 Å². The zero-order valence-electron chi connectivity index (χ0n) is 11.4. The minimum absolute atomic E-state index is 0.0433. The molecule has 1 atom stereocenters. The average molecular weight is 311 g/mol. The number of hydrogen-bond donors (Lipinski definition) is 2. The highest BCUT2D eigenvalue weighted by atomic mass is 32.1. The van der Waals surface area contributed by atoms with E-state index in [0.717, 1.165) is 0 Å². The third-order valence-corrected chi connectivity index (χ3v) is 4.04. The Labute approximate surface area is 125 Å². The Morgan fingerprint density at radius 1 is 1.24 bits per heavy atom. The van der Waals surface area contributed by atoms with E-state index in [-0.39, 0.29) is 18.2 Å². The number of aliphatic carboxylic acids is 1. The van der Waals surface area contributed by atoms with Crippen LogP contribution in [0.5, 0.6) is 0 Å². The average Bonchev–Trinajstić information content (AvgIpc) is 2.99. The zero-order chi connectivity index (χ0) is 15.4. The normalized spacial score (nSPS) is 16.6. The topological polar surface area (TPSA) is 104 Å². The summed E-state index contributed by atoms with van der Waals surface area (Å²) in [5.41, 5.74) is 6.22. The van der Waals surface area contributed by atoms with Crippen LogP contribution in [0.3, 0.4) is 0 Å². The molecule has 1 saturated heterocycles. The fourth-order valence-electron chi connectivity index (χ4n) is 2.21. The molecule has 0 saturated carbocycles. The first-order valence-electron chi connectivity index (χ1n) is 6.56. The second kappa shape index (κ2) is 6.68. The van der Waals surface area contributed by atoms with Crippen LogP contribution in [-0.4, -0.2) is 64.9 Å². The lowest BCUT2D eigenvalue weighted by Gasteiger charge is -2.35. The van der Waals surface area contributed by atoms with E-state index in [9.17, 15) is 14.4 Å². The molecule has 21 heavy (non-hydrogen) atoms. The number of nitrogens with zero attached hydrogens (tertiary/aromatic N) is 2. The molecule has 1 unspecified atom stereocenters. The largest absolute Gasteiger partial charge is 0.481 e. The van der Waals surface area contributed by atoms with Gasteiger partial charge in [-0.3, -0.25) is 14.4 Å². The molecular formula is C13H17N3O4S. The molecule has 0 aromatic carbocycles. The van der Waals surface area contributed by atoms with E-state index in [1.54, 1.807) is 16.3 Å². The molecule has 1 aromatic rings. The van der Waals surface area contributed by atoms with Crippen LogP contribution in [-0.2, 0) is 9.59 Å². The molecule has 1 aromatic heterocycles. The van der Waals surface area contributed by atoms with Crippen LogP contribution in [0.15, 0.2) is 16.8 Å². The predicted octanol–water partition coefficient (Wildman–Crippen LogP) is -0.165. The Balaban J connectivity index is 1.87. The highest BCUT2D eigenvalue weighted by Crippen LogP contribution is 2.12. The molecule has 2 rings (SSSR count). The van der Waals surface area contributed by atoms with E-state index >= 15 is 0 Å². The van der Waals surface area contributed by atoms with Crippen molar-refractivity contribution in [1.29, 1.82) is 0 Å². The number of rotatable bonds is 4. The van der Waals surface area contributed by atoms with Crippen molar-refractivity contribution < 1.29 is 19.5 Å². The van der Waals surface area contributed by atoms with Gasteiger partial charge in [0.15, 0.2) is 0 Å². The van der Waals surface area contributed by atoms with Crippen LogP contribution < -0.4 is 5.73 Å². The van der Waals surface area contributed by atoms with Gasteiger partial charge in [-0.05, 0) is 11.4 Å². The second-order valence-electron chi connectivity index (χ2n) is 4.83. The Bertz CT molecular complexity index is 524. The quantitative estimate of drug-likeness (QED) is 0.804. The Kier molecular flexibility index (Phi) is 4.92. The van der Waals surface area contributed by atoms with Crippen molar-refractivity contribution in [2.24, 2.45) is 5.73 Å². The molecule has 0 radical (unpaired) electrons. The molecular weight excluding hydrogens is 294 g/mol. The lowest BCUT2D eigenvalue weighted by molar-refractivity contribution is -0.142. The molecule has 1 aliphatic rings. The van der Waals surface area contributed by atoms with Crippen molar-refractivity contribution in [3.8, 4) is 0 Å². The van der Waals surface area contributed by atoms with Gasteiger partial charge >= 0.3 is 5.97 Å². The Morgan fingerprint density at radius 3 is 2.38 bits per heavy atom. The third-order valence-electron chi connectivity index (χ3n) is 3.36. The number of hydrogen-bond acceptors (Lipinski definition) is 5. The molecule has 0 aliphatic carbocycles. The number of carbonyl (C=O) groups excluding carboxylic acids is 2. The zero-order valence-corrected chi connectivity index (χ0v) is 12.2. The van der Waals surface area contributed by atoms with Gasteiger partial charge in [0.2, 0.25) is 5.91 Å². The van der Waals surface area contributed by atoms with Crippen LogP contribution in [0.2, 0.25) is 0 Å². The number of amides is 2. The standard InChI is InChI=1S/C13H17N3O4S/c14-10(7-11(17)18)13(20)16-4-2-15(3-5-16)12(19)9-1-6-21-8-9/h1,6,8,10H,2-5,7,14H2,(H,17,18). The molecule has 0 spiro atoms. The molecule has 2 heterocycles. The van der Waals surface area contributed by atoms with Gasteiger partial charge in [-0.2, -0.15) is 11.3 Å². The van der Waals surface area contributed by atoms with Gasteiger partial charge in [0, 0.05) is 31.6 Å². The molecule has 7 nitrogen and oxygen atoms in total. The van der Waals surface area contributed by atoms with E-state index in [1.165, 1.54) is 16.2 Å². The highest BCUT2D eigenvalue weighted by Gasteiger charge is 2.28. The van der Waals surface area contributed by atoms with Crippen molar-refractivity contribution in [3.05, 3.63) is 22.4 Å². The molecule has 114 valence electrons. The number of piperazine rings is 1. The lowest BCUT2D eigenvalue weighted by Crippen LogP contribution is -2.54. The number of carboxylic acid groups (broad SMARTS) is 1. The molecule has 1 fully saturated rings. The first-order valence-corrected chi connectivity index (χ1v) is 7.51. The van der Waals surface area contributed by atoms with Crippen molar-refractivity contribution in [2.75, 3.05) is 26.2 Å². The van der Waals surface area contributed by atoms with E-state index < -0.39 is 12.0 Å². The maximum Gasteiger partial charge on any atom is 0.305 e. The summed E-state index contributed by atoms with van der Waals surface area (Å²) in [4.78, 5) is 37.9. The molecule has 2 amide bonds. The third kappa shape index (κ3) is 3.79. The molecule has 0 bridgehead atoms. The van der Waals surface area contributed by atoms with Gasteiger partial charge in [0.25, 0.3) is 5.91 Å². The maximum atomic E-state index is 12.1. The SMILES string of the molecule is NC(CC(=O)O)C(=O)N1CCN(C(=O)c2ccsc2)CC1. The summed E-state index contributed by atoms with van der Waals surface area (Å²) >= 11 is 1.46. The minimum atomic E-state index is -1.10. The maximum absolute atomic E-state index is 12.1. The van der Waals surface area contributed by atoms with Gasteiger partial charge in [-0.25, -0.2) is 0 Å². The van der Waals surface area contributed by atoms with Gasteiger partial charge in [0.05, 0.1) is 18.0 Å². The van der Waals surface area contributed by atoms with Crippen LogP contribution >= 0.6 is 11.3 Å². The minimum Gasteiger partial charge on any atom is -0.481 e. The van der Waals surface area contributed by atoms with E-state index in [4.69, 9.17) is 10.8 Å². The Morgan fingerprint density at radius 2 is 1.86 bits per heavy atom. The van der Waals surface area contributed by atoms with Crippen molar-refractivity contribution in [2.45, 2.75) is 12.5 Å². The van der Waals surface area contributed by atoms with Crippen LogP contribution in [0.25, 0.3) is 0 Å². The van der Waals surface area contributed by atoms with Gasteiger partial charge in [-0.15, -0.1) is 0 Å². The Hall–Kier alpha value is -1.93. The molecule has 1 aliphatic heterocycles. The fraction of sp³-hybridized carbons (Fsp3) is 0.462. The molecule has 8 heteroatoms. The second-order valence-corrected chi connectivity index (χ2v) is 5.61. The molecule has 3 N–H and O–H groups in total. The number of nitrogens with two attached hydrogens (primary N) is 1. The summed E-state index contributed by atoms with van der Waals surface area (Å²) in [7, 11) is 0. The number of thiophene rings is 1. The van der Waals surface area contributed by atoms with E-state index in [2.05, 4.69) is 0 Å². The smallest absolute Gasteiger partial charge is 0.305 e. The summed E-state index contributed by atoms with van der Waals surface area (Å²) in [6.07, 6.45) is -0.382. The summed E-state index contributed by atoms with van der Waals surface area (Å²) in [5, 5.41) is 12.3. The summed E-state index contributed by atoms with van der Waals surface area (Å²) < 4.78 is 0. The number of carboxylic acids is 1. The van der Waals surface area contributed by atoms with Gasteiger partial charge < -0.3 is 20.6 Å². The monoisotopic (exact) mass is 311 g/mol. The van der Waals surface area contributed by atoms with Gasteiger partial charge in [-0.1, -0.05) is 0 Å². The van der Waals surface area contributed by atoms with E-state index in [0.29, 0.717) is 31.7 Å². The van der Waals surface area contributed by atoms with Gasteiger partial charge in [0.1, 0.15) is 0 Å². The van der Waals surface area contributed by atoms with Crippen molar-refractivity contribution in [3.63, 3.8) is 0 Å². The van der Waals surface area contributed by atoms with Crippen LogP contribution in [0, 0.1) is 0 Å². The fourth-order valence-corrected chi connectivity index (χ4v) is 2.84. The van der Waals surface area contributed by atoms with E-state index in [1.807, 2.05) is 5.38 Å².